The molecule has 0 N–H and O–H groups in total. The molecule has 0 saturated carbocycles. The summed E-state index contributed by atoms with van der Waals surface area (Å²) in [6.07, 6.45) is 5.89. The molecule has 4 heterocycles. The van der Waals surface area contributed by atoms with Crippen LogP contribution in [0.5, 0.6) is 0 Å². The molecule has 2 aliphatic rings. The second-order valence-electron chi connectivity index (χ2n) is 7.70. The largest absolute Gasteiger partial charge is 0.469 e. The molecule has 4 rings (SSSR count). The summed E-state index contributed by atoms with van der Waals surface area (Å²) in [4.78, 5) is 34.0. The zero-order chi connectivity index (χ0) is 20.6. The molecular weight excluding hydrogens is 372 g/mol. The van der Waals surface area contributed by atoms with Crippen LogP contribution >= 0.6 is 0 Å². The van der Waals surface area contributed by atoms with E-state index in [1.807, 2.05) is 29.5 Å². The van der Waals surface area contributed by atoms with Gasteiger partial charge in [-0.3, -0.25) is 9.59 Å². The first kappa shape index (κ1) is 19.7. The quantitative estimate of drug-likeness (QED) is 0.786. The second kappa shape index (κ2) is 7.67. The van der Waals surface area contributed by atoms with Gasteiger partial charge in [0.05, 0.1) is 18.4 Å². The van der Waals surface area contributed by atoms with E-state index in [4.69, 9.17) is 9.15 Å². The molecule has 156 valence electrons. The van der Waals surface area contributed by atoms with Gasteiger partial charge in [-0.1, -0.05) is 0 Å². The van der Waals surface area contributed by atoms with E-state index in [1.165, 1.54) is 0 Å². The molecule has 1 atom stereocenters. The van der Waals surface area contributed by atoms with Crippen molar-refractivity contribution in [2.45, 2.75) is 51.9 Å². The molecule has 29 heavy (non-hydrogen) atoms. The summed E-state index contributed by atoms with van der Waals surface area (Å²) in [5.74, 6) is 1.47. The number of rotatable bonds is 4. The number of nitrogens with zero attached hydrogens (tertiary/aromatic N) is 4. The molecule has 0 unspecified atom stereocenters. The third-order valence-corrected chi connectivity index (χ3v) is 6.15. The summed E-state index contributed by atoms with van der Waals surface area (Å²) >= 11 is 0. The van der Waals surface area contributed by atoms with E-state index >= 15 is 0 Å². The van der Waals surface area contributed by atoms with Gasteiger partial charge >= 0.3 is 0 Å². The summed E-state index contributed by atoms with van der Waals surface area (Å²) in [7, 11) is 0. The average Bonchev–Trinajstić information content (AvgIpc) is 3.38. The van der Waals surface area contributed by atoms with Gasteiger partial charge in [0.15, 0.2) is 6.10 Å². The monoisotopic (exact) mass is 400 g/mol. The molecule has 2 aliphatic heterocycles. The Morgan fingerprint density at radius 2 is 2.00 bits per heavy atom. The minimum atomic E-state index is -0.641. The third-order valence-electron chi connectivity index (χ3n) is 6.15. The van der Waals surface area contributed by atoms with Crippen molar-refractivity contribution in [1.29, 1.82) is 0 Å². The number of ether oxygens (including phenoxy) is 1. The standard InChI is InChI=1S/C21H28N4O4/c1-4-23(5-2)19(27)17-14-25-12-9-22-20(25)21(29-17)7-10-24(11-8-21)18(26)16-6-13-28-15(16)3/h6,9,12-13,17H,4-5,7-8,10-11,14H2,1-3H3/t17-/m1/s1. The second-order valence-corrected chi connectivity index (χ2v) is 7.70. The van der Waals surface area contributed by atoms with Gasteiger partial charge in [0.2, 0.25) is 0 Å². The molecule has 1 spiro atoms. The van der Waals surface area contributed by atoms with Gasteiger partial charge in [0, 0.05) is 51.4 Å². The van der Waals surface area contributed by atoms with E-state index in [0.29, 0.717) is 56.9 Å². The van der Waals surface area contributed by atoms with Crippen molar-refractivity contribution in [3.05, 3.63) is 41.9 Å². The van der Waals surface area contributed by atoms with Crippen molar-refractivity contribution in [2.24, 2.45) is 0 Å². The molecule has 1 fully saturated rings. The molecule has 2 amide bonds. The van der Waals surface area contributed by atoms with Gasteiger partial charge in [-0.25, -0.2) is 4.98 Å². The zero-order valence-corrected chi connectivity index (χ0v) is 17.3. The molecule has 2 aromatic rings. The SMILES string of the molecule is CCN(CC)C(=O)[C@H]1Cn2ccnc2C2(CCN(C(=O)c3ccoc3C)CC2)O1. The Bertz CT molecular complexity index is 890. The minimum absolute atomic E-state index is 0.0150. The summed E-state index contributed by atoms with van der Waals surface area (Å²) in [6.45, 7) is 8.63. The minimum Gasteiger partial charge on any atom is -0.469 e. The molecule has 0 aliphatic carbocycles. The van der Waals surface area contributed by atoms with Gasteiger partial charge in [-0.15, -0.1) is 0 Å². The lowest BCUT2D eigenvalue weighted by Gasteiger charge is -2.46. The Morgan fingerprint density at radius 1 is 1.28 bits per heavy atom. The van der Waals surface area contributed by atoms with Crippen molar-refractivity contribution in [3.63, 3.8) is 0 Å². The van der Waals surface area contributed by atoms with E-state index in [9.17, 15) is 9.59 Å². The van der Waals surface area contributed by atoms with Gasteiger partial charge in [-0.05, 0) is 26.8 Å². The fourth-order valence-corrected chi connectivity index (χ4v) is 4.45. The molecule has 2 aromatic heterocycles. The Kier molecular flexibility index (Phi) is 5.21. The van der Waals surface area contributed by atoms with Crippen LogP contribution in [-0.4, -0.2) is 63.4 Å². The average molecular weight is 400 g/mol. The highest BCUT2D eigenvalue weighted by molar-refractivity contribution is 5.95. The van der Waals surface area contributed by atoms with Crippen molar-refractivity contribution in [2.75, 3.05) is 26.2 Å². The van der Waals surface area contributed by atoms with E-state index in [0.717, 1.165) is 5.82 Å². The van der Waals surface area contributed by atoms with Crippen molar-refractivity contribution < 1.29 is 18.7 Å². The molecule has 0 radical (unpaired) electrons. The highest BCUT2D eigenvalue weighted by Gasteiger charge is 2.48. The number of aryl methyl sites for hydroxylation is 1. The number of amides is 2. The number of likely N-dealkylation sites (N-methyl/N-ethyl adjacent to an activating group) is 1. The topological polar surface area (TPSA) is 80.8 Å². The van der Waals surface area contributed by atoms with Crippen LogP contribution < -0.4 is 0 Å². The number of aromatic nitrogens is 2. The smallest absolute Gasteiger partial charge is 0.257 e. The van der Waals surface area contributed by atoms with Gasteiger partial charge < -0.3 is 23.5 Å². The third kappa shape index (κ3) is 3.35. The van der Waals surface area contributed by atoms with Crippen LogP contribution in [0.3, 0.4) is 0 Å². The van der Waals surface area contributed by atoms with Crippen LogP contribution in [0.4, 0.5) is 0 Å². The number of hydrogen-bond donors (Lipinski definition) is 0. The number of carbonyl (C=O) groups is 2. The Labute approximate surface area is 170 Å². The lowest BCUT2D eigenvalue weighted by Crippen LogP contribution is -2.55. The number of carbonyl (C=O) groups excluding carboxylic acids is 2. The number of fused-ring (bicyclic) bond motifs is 2. The maximum atomic E-state index is 13.0. The van der Waals surface area contributed by atoms with Crippen LogP contribution in [0.15, 0.2) is 29.1 Å². The highest BCUT2D eigenvalue weighted by Crippen LogP contribution is 2.40. The Hall–Kier alpha value is -2.61. The predicted octanol–water partition coefficient (Wildman–Crippen LogP) is 2.18. The zero-order valence-electron chi connectivity index (χ0n) is 17.3. The first-order valence-electron chi connectivity index (χ1n) is 10.3. The van der Waals surface area contributed by atoms with E-state index < -0.39 is 11.7 Å². The summed E-state index contributed by atoms with van der Waals surface area (Å²) < 4.78 is 13.8. The molecule has 8 heteroatoms. The fraction of sp³-hybridized carbons (Fsp3) is 0.571. The van der Waals surface area contributed by atoms with E-state index in [-0.39, 0.29) is 11.8 Å². The maximum absolute atomic E-state index is 13.0. The number of imidazole rings is 1. The number of hydrogen-bond acceptors (Lipinski definition) is 5. The van der Waals surface area contributed by atoms with Crippen molar-refractivity contribution >= 4 is 11.8 Å². The first-order valence-corrected chi connectivity index (χ1v) is 10.3. The van der Waals surface area contributed by atoms with Gasteiger partial charge in [-0.2, -0.15) is 0 Å². The van der Waals surface area contributed by atoms with Crippen LogP contribution in [0.25, 0.3) is 0 Å². The van der Waals surface area contributed by atoms with Crippen molar-refractivity contribution in [3.8, 4) is 0 Å². The highest BCUT2D eigenvalue weighted by atomic mass is 16.5. The van der Waals surface area contributed by atoms with E-state index in [2.05, 4.69) is 4.98 Å². The first-order chi connectivity index (χ1) is 14.0. The lowest BCUT2D eigenvalue weighted by molar-refractivity contribution is -0.179. The van der Waals surface area contributed by atoms with Crippen LogP contribution in [-0.2, 0) is 21.7 Å². The predicted molar refractivity (Wildman–Crippen MR) is 105 cm³/mol. The molecule has 8 nitrogen and oxygen atoms in total. The van der Waals surface area contributed by atoms with Crippen molar-refractivity contribution in [1.82, 2.24) is 19.4 Å². The van der Waals surface area contributed by atoms with Gasteiger partial charge in [0.25, 0.3) is 11.8 Å². The van der Waals surface area contributed by atoms with Crippen LogP contribution in [0, 0.1) is 6.92 Å². The molecular formula is C21H28N4O4. The molecule has 0 aromatic carbocycles. The Balaban J connectivity index is 1.54. The number of furan rings is 1. The van der Waals surface area contributed by atoms with E-state index in [1.54, 1.807) is 30.4 Å². The number of piperidine rings is 1. The molecule has 1 saturated heterocycles. The van der Waals surface area contributed by atoms with Crippen LogP contribution in [0.1, 0.15) is 48.6 Å². The lowest BCUT2D eigenvalue weighted by atomic mass is 9.88. The number of likely N-dealkylation sites (tertiary alicyclic amines) is 1. The molecule has 0 bridgehead atoms. The summed E-state index contributed by atoms with van der Waals surface area (Å²) in [5, 5.41) is 0. The fourth-order valence-electron chi connectivity index (χ4n) is 4.45. The Morgan fingerprint density at radius 3 is 2.62 bits per heavy atom. The summed E-state index contributed by atoms with van der Waals surface area (Å²) in [6, 6.07) is 1.71. The van der Waals surface area contributed by atoms with Crippen LogP contribution in [0.2, 0.25) is 0 Å². The normalized spacial score (nSPS) is 20.5. The maximum Gasteiger partial charge on any atom is 0.257 e. The summed E-state index contributed by atoms with van der Waals surface area (Å²) in [5.41, 5.74) is -0.0427. The van der Waals surface area contributed by atoms with Gasteiger partial charge in [0.1, 0.15) is 17.2 Å².